The summed E-state index contributed by atoms with van der Waals surface area (Å²) in [5.74, 6) is -0.0446. The van der Waals surface area contributed by atoms with Gasteiger partial charge in [-0.15, -0.1) is 0 Å². The van der Waals surface area contributed by atoms with Gasteiger partial charge in [-0.3, -0.25) is 9.48 Å². The van der Waals surface area contributed by atoms with Gasteiger partial charge in [0.2, 0.25) is 0 Å². The molecule has 0 atom stereocenters. The first-order valence-corrected chi connectivity index (χ1v) is 6.84. The van der Waals surface area contributed by atoms with Gasteiger partial charge in [-0.25, -0.2) is 0 Å². The first-order chi connectivity index (χ1) is 8.55. The van der Waals surface area contributed by atoms with Crippen molar-refractivity contribution < 1.29 is 9.90 Å². The third kappa shape index (κ3) is 2.64. The van der Waals surface area contributed by atoms with E-state index in [-0.39, 0.29) is 5.78 Å². The van der Waals surface area contributed by atoms with Crippen molar-refractivity contribution in [3.8, 4) is 0 Å². The van der Waals surface area contributed by atoms with Crippen LogP contribution in [0.5, 0.6) is 0 Å². The molecule has 0 radical (unpaired) electrons. The number of rotatable bonds is 4. The highest BCUT2D eigenvalue weighted by Crippen LogP contribution is 2.29. The molecule has 1 aromatic heterocycles. The minimum Gasteiger partial charge on any atom is -0.382 e. The maximum absolute atomic E-state index is 12.3. The van der Waals surface area contributed by atoms with Crippen molar-refractivity contribution in [3.05, 3.63) is 17.5 Å². The molecule has 1 aliphatic carbocycles. The van der Waals surface area contributed by atoms with Crippen LogP contribution in [0.1, 0.15) is 50.4 Å². The summed E-state index contributed by atoms with van der Waals surface area (Å²) < 4.78 is 1.85. The van der Waals surface area contributed by atoms with Crippen LogP contribution < -0.4 is 0 Å². The minimum absolute atomic E-state index is 0.0446. The van der Waals surface area contributed by atoms with Crippen LogP contribution in [0.4, 0.5) is 0 Å². The number of aliphatic hydroxyl groups is 1. The lowest BCUT2D eigenvalue weighted by molar-refractivity contribution is -0.139. The lowest BCUT2D eigenvalue weighted by Crippen LogP contribution is -2.41. The van der Waals surface area contributed by atoms with Crippen molar-refractivity contribution in [2.45, 2.75) is 64.5 Å². The average molecular weight is 250 g/mol. The molecule has 18 heavy (non-hydrogen) atoms. The van der Waals surface area contributed by atoms with E-state index < -0.39 is 5.60 Å². The number of hydrogen-bond donors (Lipinski definition) is 1. The van der Waals surface area contributed by atoms with Crippen LogP contribution in [0.2, 0.25) is 0 Å². The molecule has 100 valence electrons. The molecule has 0 amide bonds. The Kier molecular flexibility index (Phi) is 3.85. The van der Waals surface area contributed by atoms with Crippen molar-refractivity contribution in [3.63, 3.8) is 0 Å². The van der Waals surface area contributed by atoms with E-state index in [1.165, 1.54) is 0 Å². The molecule has 1 aliphatic rings. The van der Waals surface area contributed by atoms with E-state index >= 15 is 0 Å². The summed E-state index contributed by atoms with van der Waals surface area (Å²) in [7, 11) is 0. The molecule has 0 bridgehead atoms. The lowest BCUT2D eigenvalue weighted by Gasteiger charge is -2.30. The van der Waals surface area contributed by atoms with E-state index in [0.29, 0.717) is 19.3 Å². The SMILES string of the molecule is CCn1nc(C)cc1CC(=O)C1(O)CCCCC1. The Hall–Kier alpha value is -1.16. The van der Waals surface area contributed by atoms with E-state index in [2.05, 4.69) is 5.10 Å². The van der Waals surface area contributed by atoms with Crippen LogP contribution >= 0.6 is 0 Å². The maximum atomic E-state index is 12.3. The standard InChI is InChI=1S/C14H22N2O2/c1-3-16-12(9-11(2)15-16)10-13(17)14(18)7-5-4-6-8-14/h9,18H,3-8,10H2,1-2H3. The highest BCUT2D eigenvalue weighted by Gasteiger charge is 2.36. The monoisotopic (exact) mass is 250 g/mol. The Balaban J connectivity index is 2.10. The number of aromatic nitrogens is 2. The fourth-order valence-electron chi connectivity index (χ4n) is 2.76. The van der Waals surface area contributed by atoms with Gasteiger partial charge in [0.05, 0.1) is 12.1 Å². The highest BCUT2D eigenvalue weighted by atomic mass is 16.3. The van der Waals surface area contributed by atoms with Crippen molar-refractivity contribution in [2.24, 2.45) is 0 Å². The molecule has 1 fully saturated rings. The quantitative estimate of drug-likeness (QED) is 0.889. The Morgan fingerprint density at radius 2 is 2.11 bits per heavy atom. The number of hydrogen-bond acceptors (Lipinski definition) is 3. The molecule has 0 aliphatic heterocycles. The van der Waals surface area contributed by atoms with Crippen molar-refractivity contribution in [1.82, 2.24) is 9.78 Å². The Morgan fingerprint density at radius 1 is 1.44 bits per heavy atom. The molecule has 1 aromatic rings. The number of ketones is 1. The summed E-state index contributed by atoms with van der Waals surface area (Å²) in [6, 6.07) is 1.94. The predicted octanol–water partition coefficient (Wildman–Crippen LogP) is 2.02. The smallest absolute Gasteiger partial charge is 0.170 e. The molecule has 0 aromatic carbocycles. The zero-order valence-electron chi connectivity index (χ0n) is 11.3. The number of nitrogens with zero attached hydrogens (tertiary/aromatic N) is 2. The van der Waals surface area contributed by atoms with Gasteiger partial charge in [-0.05, 0) is 32.8 Å². The van der Waals surface area contributed by atoms with Crippen molar-refractivity contribution >= 4 is 5.78 Å². The molecule has 4 nitrogen and oxygen atoms in total. The largest absolute Gasteiger partial charge is 0.382 e. The van der Waals surface area contributed by atoms with Crippen LogP contribution in [0.15, 0.2) is 6.07 Å². The van der Waals surface area contributed by atoms with Gasteiger partial charge >= 0.3 is 0 Å². The molecule has 1 N–H and O–H groups in total. The molecule has 1 heterocycles. The molecule has 2 rings (SSSR count). The van der Waals surface area contributed by atoms with Crippen LogP contribution in [0.3, 0.4) is 0 Å². The normalized spacial score (nSPS) is 18.8. The van der Waals surface area contributed by atoms with E-state index in [9.17, 15) is 9.90 Å². The summed E-state index contributed by atoms with van der Waals surface area (Å²) in [6.45, 7) is 4.69. The third-order valence-electron chi connectivity index (χ3n) is 3.83. The fourth-order valence-corrected chi connectivity index (χ4v) is 2.76. The van der Waals surface area contributed by atoms with Crippen LogP contribution in [0, 0.1) is 6.92 Å². The topological polar surface area (TPSA) is 55.1 Å². The van der Waals surface area contributed by atoms with Gasteiger partial charge in [-0.2, -0.15) is 5.10 Å². The number of aryl methyl sites for hydroxylation is 2. The second kappa shape index (κ2) is 5.22. The number of carbonyl (C=O) groups excluding carboxylic acids is 1. The number of Topliss-reactive ketones (excluding diaryl/α,β-unsaturated/α-hetero) is 1. The second-order valence-electron chi connectivity index (χ2n) is 5.29. The summed E-state index contributed by atoms with van der Waals surface area (Å²) in [4.78, 5) is 12.3. The highest BCUT2D eigenvalue weighted by molar-refractivity contribution is 5.88. The van der Waals surface area contributed by atoms with Crippen molar-refractivity contribution in [1.29, 1.82) is 0 Å². The zero-order valence-corrected chi connectivity index (χ0v) is 11.3. The van der Waals surface area contributed by atoms with E-state index in [4.69, 9.17) is 0 Å². The van der Waals surface area contributed by atoms with Gasteiger partial charge in [0.15, 0.2) is 5.78 Å². The van der Waals surface area contributed by atoms with Crippen molar-refractivity contribution in [2.75, 3.05) is 0 Å². The molecule has 0 unspecified atom stereocenters. The summed E-state index contributed by atoms with van der Waals surface area (Å²) in [5.41, 5.74) is 0.754. The van der Waals surface area contributed by atoms with E-state index in [1.54, 1.807) is 0 Å². The molecule has 4 heteroatoms. The molecule has 0 spiro atoms. The molecular formula is C14H22N2O2. The van der Waals surface area contributed by atoms with Gasteiger partial charge in [0.1, 0.15) is 5.60 Å². The molecular weight excluding hydrogens is 228 g/mol. The van der Waals surface area contributed by atoms with Crippen LogP contribution in [0.25, 0.3) is 0 Å². The Morgan fingerprint density at radius 3 is 2.72 bits per heavy atom. The Labute approximate surface area is 108 Å². The fraction of sp³-hybridized carbons (Fsp3) is 0.714. The predicted molar refractivity (Wildman–Crippen MR) is 69.4 cm³/mol. The van der Waals surface area contributed by atoms with Crippen LogP contribution in [-0.4, -0.2) is 26.3 Å². The summed E-state index contributed by atoms with van der Waals surface area (Å²) >= 11 is 0. The number of carbonyl (C=O) groups is 1. The Bertz CT molecular complexity index is 431. The van der Waals surface area contributed by atoms with E-state index in [1.807, 2.05) is 24.6 Å². The summed E-state index contributed by atoms with van der Waals surface area (Å²) in [5, 5.41) is 14.7. The molecule has 1 saturated carbocycles. The zero-order chi connectivity index (χ0) is 13.2. The van der Waals surface area contributed by atoms with Gasteiger partial charge in [0.25, 0.3) is 0 Å². The van der Waals surface area contributed by atoms with Gasteiger partial charge in [-0.1, -0.05) is 19.3 Å². The first kappa shape index (κ1) is 13.3. The van der Waals surface area contributed by atoms with Gasteiger partial charge in [0, 0.05) is 12.2 Å². The average Bonchev–Trinajstić information content (AvgIpc) is 2.70. The van der Waals surface area contributed by atoms with E-state index in [0.717, 1.165) is 37.2 Å². The lowest BCUT2D eigenvalue weighted by atomic mass is 9.80. The van der Waals surface area contributed by atoms with Crippen LogP contribution in [-0.2, 0) is 17.8 Å². The third-order valence-corrected chi connectivity index (χ3v) is 3.83. The second-order valence-corrected chi connectivity index (χ2v) is 5.29. The first-order valence-electron chi connectivity index (χ1n) is 6.84. The minimum atomic E-state index is -1.09. The van der Waals surface area contributed by atoms with Gasteiger partial charge < -0.3 is 5.11 Å². The summed E-state index contributed by atoms with van der Waals surface area (Å²) in [6.07, 6.45) is 4.56. The maximum Gasteiger partial charge on any atom is 0.170 e. The molecule has 0 saturated heterocycles.